The Hall–Kier alpha value is -0.340. The second kappa shape index (κ2) is 5.52. The Labute approximate surface area is 87.9 Å². The molecule has 82 valence electrons. The summed E-state index contributed by atoms with van der Waals surface area (Å²) in [7, 11) is 0. The highest BCUT2D eigenvalue weighted by molar-refractivity contribution is 5.04. The number of hydrazine groups is 1. The lowest BCUT2D eigenvalue weighted by Crippen LogP contribution is -2.42. The van der Waals surface area contributed by atoms with Gasteiger partial charge in [0.25, 0.3) is 0 Å². The van der Waals surface area contributed by atoms with Crippen LogP contribution in [0.5, 0.6) is 0 Å². The van der Waals surface area contributed by atoms with Crippen molar-refractivity contribution in [1.82, 2.24) is 5.43 Å². The van der Waals surface area contributed by atoms with Gasteiger partial charge in [-0.2, -0.15) is 0 Å². The van der Waals surface area contributed by atoms with Gasteiger partial charge in [-0.15, -0.1) is 0 Å². The molecular formula is C12H24N2. The Morgan fingerprint density at radius 2 is 2.00 bits per heavy atom. The summed E-state index contributed by atoms with van der Waals surface area (Å²) in [6, 6.07) is 0.327. The standard InChI is InChI=1S/C12H24N2/c1-4-10-5-7-11(8-6-10)12(14-13)9(2)3/h10-12,14H,2,4-8,13H2,1,3H3. The molecule has 2 heteroatoms. The average Bonchev–Trinajstić information content (AvgIpc) is 2.19. The Bertz CT molecular complexity index is 181. The first kappa shape index (κ1) is 11.7. The number of nitrogens with two attached hydrogens (primary N) is 1. The molecule has 1 aliphatic carbocycles. The summed E-state index contributed by atoms with van der Waals surface area (Å²) in [6.07, 6.45) is 6.68. The van der Waals surface area contributed by atoms with Crippen LogP contribution < -0.4 is 11.3 Å². The smallest absolute Gasteiger partial charge is 0.0442 e. The highest BCUT2D eigenvalue weighted by Crippen LogP contribution is 2.33. The molecule has 1 fully saturated rings. The van der Waals surface area contributed by atoms with Gasteiger partial charge in [-0.25, -0.2) is 0 Å². The second-order valence-electron chi connectivity index (χ2n) is 4.68. The zero-order chi connectivity index (χ0) is 10.6. The van der Waals surface area contributed by atoms with Gasteiger partial charge in [-0.3, -0.25) is 11.3 Å². The first-order valence-electron chi connectivity index (χ1n) is 5.80. The molecular weight excluding hydrogens is 172 g/mol. The fourth-order valence-corrected chi connectivity index (χ4v) is 2.61. The zero-order valence-corrected chi connectivity index (χ0v) is 9.55. The maximum atomic E-state index is 5.56. The van der Waals surface area contributed by atoms with E-state index in [9.17, 15) is 0 Å². The lowest BCUT2D eigenvalue weighted by Gasteiger charge is -2.33. The molecule has 0 amide bonds. The molecule has 0 spiro atoms. The first-order valence-corrected chi connectivity index (χ1v) is 5.80. The van der Waals surface area contributed by atoms with Crippen LogP contribution in [0.2, 0.25) is 0 Å². The van der Waals surface area contributed by atoms with Crippen LogP contribution in [0, 0.1) is 11.8 Å². The molecule has 1 unspecified atom stereocenters. The van der Waals surface area contributed by atoms with E-state index in [0.717, 1.165) is 5.92 Å². The van der Waals surface area contributed by atoms with Gasteiger partial charge in [0.2, 0.25) is 0 Å². The minimum atomic E-state index is 0.327. The minimum Gasteiger partial charge on any atom is -0.271 e. The lowest BCUT2D eigenvalue weighted by molar-refractivity contribution is 0.233. The van der Waals surface area contributed by atoms with Gasteiger partial charge < -0.3 is 0 Å². The molecule has 2 nitrogen and oxygen atoms in total. The van der Waals surface area contributed by atoms with Crippen molar-refractivity contribution in [2.24, 2.45) is 17.7 Å². The van der Waals surface area contributed by atoms with E-state index < -0.39 is 0 Å². The Balaban J connectivity index is 2.43. The van der Waals surface area contributed by atoms with Crippen LogP contribution in [-0.2, 0) is 0 Å². The summed E-state index contributed by atoms with van der Waals surface area (Å²) in [5.74, 6) is 7.22. The Kier molecular flexibility index (Phi) is 4.63. The molecule has 1 aliphatic rings. The predicted octanol–water partition coefficient (Wildman–Crippen LogP) is 2.61. The predicted molar refractivity (Wildman–Crippen MR) is 61.7 cm³/mol. The molecule has 1 saturated carbocycles. The van der Waals surface area contributed by atoms with Crippen molar-refractivity contribution in [3.8, 4) is 0 Å². The van der Waals surface area contributed by atoms with Crippen LogP contribution in [0.3, 0.4) is 0 Å². The summed E-state index contributed by atoms with van der Waals surface area (Å²) in [4.78, 5) is 0. The van der Waals surface area contributed by atoms with E-state index in [1.54, 1.807) is 0 Å². The summed E-state index contributed by atoms with van der Waals surface area (Å²) in [5.41, 5.74) is 4.08. The van der Waals surface area contributed by atoms with Crippen molar-refractivity contribution in [3.05, 3.63) is 12.2 Å². The van der Waals surface area contributed by atoms with E-state index in [1.165, 1.54) is 37.7 Å². The van der Waals surface area contributed by atoms with Crippen LogP contribution >= 0.6 is 0 Å². The zero-order valence-electron chi connectivity index (χ0n) is 9.55. The molecule has 1 atom stereocenters. The van der Waals surface area contributed by atoms with Crippen molar-refractivity contribution in [2.45, 2.75) is 52.0 Å². The molecule has 0 aromatic carbocycles. The quantitative estimate of drug-likeness (QED) is 0.412. The Morgan fingerprint density at radius 1 is 1.43 bits per heavy atom. The molecule has 0 bridgehead atoms. The van der Waals surface area contributed by atoms with E-state index in [4.69, 9.17) is 5.84 Å². The van der Waals surface area contributed by atoms with Crippen molar-refractivity contribution in [3.63, 3.8) is 0 Å². The number of hydrogen-bond acceptors (Lipinski definition) is 2. The fourth-order valence-electron chi connectivity index (χ4n) is 2.61. The summed E-state index contributed by atoms with van der Waals surface area (Å²) in [5, 5.41) is 0. The van der Waals surface area contributed by atoms with E-state index in [2.05, 4.69) is 25.9 Å². The van der Waals surface area contributed by atoms with Gasteiger partial charge in [0.1, 0.15) is 0 Å². The van der Waals surface area contributed by atoms with Crippen molar-refractivity contribution in [2.75, 3.05) is 0 Å². The fraction of sp³-hybridized carbons (Fsp3) is 0.833. The van der Waals surface area contributed by atoms with Crippen molar-refractivity contribution in [1.29, 1.82) is 0 Å². The molecule has 0 heterocycles. The largest absolute Gasteiger partial charge is 0.271 e. The van der Waals surface area contributed by atoms with E-state index in [-0.39, 0.29) is 0 Å². The van der Waals surface area contributed by atoms with Crippen LogP contribution in [0.15, 0.2) is 12.2 Å². The average molecular weight is 196 g/mol. The van der Waals surface area contributed by atoms with Crippen molar-refractivity contribution >= 4 is 0 Å². The number of rotatable bonds is 4. The number of hydrogen-bond donors (Lipinski definition) is 2. The maximum Gasteiger partial charge on any atom is 0.0442 e. The van der Waals surface area contributed by atoms with Crippen LogP contribution in [-0.4, -0.2) is 6.04 Å². The van der Waals surface area contributed by atoms with Gasteiger partial charge in [0.05, 0.1) is 0 Å². The highest BCUT2D eigenvalue weighted by Gasteiger charge is 2.26. The van der Waals surface area contributed by atoms with E-state index in [0.29, 0.717) is 12.0 Å². The van der Waals surface area contributed by atoms with Gasteiger partial charge in [0.15, 0.2) is 0 Å². The molecule has 0 aliphatic heterocycles. The van der Waals surface area contributed by atoms with Crippen LogP contribution in [0.25, 0.3) is 0 Å². The third-order valence-corrected chi connectivity index (χ3v) is 3.65. The normalized spacial score (nSPS) is 29.9. The van der Waals surface area contributed by atoms with E-state index in [1.807, 2.05) is 0 Å². The van der Waals surface area contributed by atoms with Gasteiger partial charge in [-0.05, 0) is 31.6 Å². The maximum absolute atomic E-state index is 5.56. The summed E-state index contributed by atoms with van der Waals surface area (Å²) in [6.45, 7) is 8.36. The highest BCUT2D eigenvalue weighted by atomic mass is 15.2. The third kappa shape index (κ3) is 2.82. The SMILES string of the molecule is C=C(C)C(NN)C1CCC(CC)CC1. The van der Waals surface area contributed by atoms with Crippen LogP contribution in [0.1, 0.15) is 46.0 Å². The van der Waals surface area contributed by atoms with Gasteiger partial charge >= 0.3 is 0 Å². The molecule has 1 rings (SSSR count). The van der Waals surface area contributed by atoms with Gasteiger partial charge in [-0.1, -0.05) is 38.3 Å². The summed E-state index contributed by atoms with van der Waals surface area (Å²) >= 11 is 0. The molecule has 0 aromatic rings. The Morgan fingerprint density at radius 3 is 2.36 bits per heavy atom. The molecule has 0 saturated heterocycles. The van der Waals surface area contributed by atoms with E-state index >= 15 is 0 Å². The molecule has 3 N–H and O–H groups in total. The minimum absolute atomic E-state index is 0.327. The summed E-state index contributed by atoms with van der Waals surface area (Å²) < 4.78 is 0. The monoisotopic (exact) mass is 196 g/mol. The number of nitrogens with one attached hydrogen (secondary N) is 1. The van der Waals surface area contributed by atoms with Crippen LogP contribution in [0.4, 0.5) is 0 Å². The van der Waals surface area contributed by atoms with Gasteiger partial charge in [0, 0.05) is 6.04 Å². The lowest BCUT2D eigenvalue weighted by atomic mass is 9.76. The molecule has 14 heavy (non-hydrogen) atoms. The first-order chi connectivity index (χ1) is 6.69. The topological polar surface area (TPSA) is 38.0 Å². The second-order valence-corrected chi connectivity index (χ2v) is 4.68. The molecule has 0 aromatic heterocycles. The third-order valence-electron chi connectivity index (χ3n) is 3.65. The van der Waals surface area contributed by atoms with Crippen molar-refractivity contribution < 1.29 is 0 Å². The molecule has 0 radical (unpaired) electrons.